The summed E-state index contributed by atoms with van der Waals surface area (Å²) in [7, 11) is 3.39. The Morgan fingerprint density at radius 1 is 1.15 bits per heavy atom. The van der Waals surface area contributed by atoms with Crippen LogP contribution in [0.5, 0.6) is 11.5 Å². The zero-order valence-corrected chi connectivity index (χ0v) is 12.0. The van der Waals surface area contributed by atoms with E-state index in [-0.39, 0.29) is 5.91 Å². The smallest absolute Gasteiger partial charge is 0.253 e. The van der Waals surface area contributed by atoms with Gasteiger partial charge in [0.1, 0.15) is 5.75 Å². The SMILES string of the molecule is CN(C)C(=O)c1ccc(N)c(Oc2ccc(Cl)cc2)c1. The number of nitrogens with zero attached hydrogens (tertiary/aromatic N) is 1. The zero-order valence-electron chi connectivity index (χ0n) is 11.3. The summed E-state index contributed by atoms with van der Waals surface area (Å²) in [6, 6.07) is 11.9. The van der Waals surface area contributed by atoms with Crippen LogP contribution in [-0.4, -0.2) is 24.9 Å². The summed E-state index contributed by atoms with van der Waals surface area (Å²) < 4.78 is 5.68. The molecule has 2 aromatic carbocycles. The van der Waals surface area contributed by atoms with Crippen molar-refractivity contribution in [2.24, 2.45) is 0 Å². The summed E-state index contributed by atoms with van der Waals surface area (Å²) in [5.41, 5.74) is 6.86. The Morgan fingerprint density at radius 2 is 1.80 bits per heavy atom. The van der Waals surface area contributed by atoms with Gasteiger partial charge >= 0.3 is 0 Å². The van der Waals surface area contributed by atoms with Crippen LogP contribution in [0.3, 0.4) is 0 Å². The lowest BCUT2D eigenvalue weighted by Gasteiger charge is -2.13. The van der Waals surface area contributed by atoms with Gasteiger partial charge in [0.25, 0.3) is 5.91 Å². The average molecular weight is 291 g/mol. The Labute approximate surface area is 122 Å². The molecule has 2 aromatic rings. The number of rotatable bonds is 3. The molecule has 0 unspecified atom stereocenters. The van der Waals surface area contributed by atoms with Crippen LogP contribution in [0.4, 0.5) is 5.69 Å². The minimum atomic E-state index is -0.106. The summed E-state index contributed by atoms with van der Waals surface area (Å²) in [6.07, 6.45) is 0. The number of anilines is 1. The first-order valence-electron chi connectivity index (χ1n) is 6.02. The molecule has 20 heavy (non-hydrogen) atoms. The van der Waals surface area contributed by atoms with Gasteiger partial charge in [-0.1, -0.05) is 11.6 Å². The first-order chi connectivity index (χ1) is 9.47. The summed E-state index contributed by atoms with van der Waals surface area (Å²) in [6.45, 7) is 0. The lowest BCUT2D eigenvalue weighted by molar-refractivity contribution is 0.0827. The van der Waals surface area contributed by atoms with E-state index in [1.165, 1.54) is 4.90 Å². The fourth-order valence-electron chi connectivity index (χ4n) is 1.64. The highest BCUT2D eigenvalue weighted by atomic mass is 35.5. The van der Waals surface area contributed by atoms with E-state index < -0.39 is 0 Å². The van der Waals surface area contributed by atoms with E-state index >= 15 is 0 Å². The molecule has 2 N–H and O–H groups in total. The van der Waals surface area contributed by atoms with E-state index in [1.54, 1.807) is 56.6 Å². The molecule has 0 aliphatic heterocycles. The molecular weight excluding hydrogens is 276 g/mol. The van der Waals surface area contributed by atoms with E-state index in [1.807, 2.05) is 0 Å². The fourth-order valence-corrected chi connectivity index (χ4v) is 1.77. The van der Waals surface area contributed by atoms with Crippen molar-refractivity contribution in [1.82, 2.24) is 4.90 Å². The second-order valence-corrected chi connectivity index (χ2v) is 4.94. The summed E-state index contributed by atoms with van der Waals surface area (Å²) >= 11 is 5.82. The number of halogens is 1. The monoisotopic (exact) mass is 290 g/mol. The maximum Gasteiger partial charge on any atom is 0.253 e. The first kappa shape index (κ1) is 14.2. The van der Waals surface area contributed by atoms with Crippen LogP contribution in [0.25, 0.3) is 0 Å². The van der Waals surface area contributed by atoms with Crippen LogP contribution >= 0.6 is 11.6 Å². The number of hydrogen-bond donors (Lipinski definition) is 1. The lowest BCUT2D eigenvalue weighted by atomic mass is 10.1. The Hall–Kier alpha value is -2.20. The van der Waals surface area contributed by atoms with Crippen LogP contribution in [0.1, 0.15) is 10.4 Å². The molecule has 5 heteroatoms. The molecule has 0 radical (unpaired) electrons. The number of ether oxygens (including phenoxy) is 1. The molecule has 104 valence electrons. The van der Waals surface area contributed by atoms with Gasteiger partial charge in [-0.3, -0.25) is 4.79 Å². The quantitative estimate of drug-likeness (QED) is 0.881. The van der Waals surface area contributed by atoms with Crippen LogP contribution < -0.4 is 10.5 Å². The minimum absolute atomic E-state index is 0.106. The van der Waals surface area contributed by atoms with Crippen LogP contribution in [0.15, 0.2) is 42.5 Å². The summed E-state index contributed by atoms with van der Waals surface area (Å²) in [4.78, 5) is 13.4. The maximum absolute atomic E-state index is 11.9. The highest BCUT2D eigenvalue weighted by Gasteiger charge is 2.11. The molecule has 0 saturated carbocycles. The molecule has 0 saturated heterocycles. The van der Waals surface area contributed by atoms with Gasteiger partial charge < -0.3 is 15.4 Å². The Kier molecular flexibility index (Phi) is 4.15. The molecule has 4 nitrogen and oxygen atoms in total. The Morgan fingerprint density at radius 3 is 2.40 bits per heavy atom. The topological polar surface area (TPSA) is 55.6 Å². The van der Waals surface area contributed by atoms with Crippen molar-refractivity contribution >= 4 is 23.2 Å². The molecule has 0 aliphatic carbocycles. The van der Waals surface area contributed by atoms with Crippen LogP contribution in [0.2, 0.25) is 5.02 Å². The number of nitrogens with two attached hydrogens (primary N) is 1. The number of amides is 1. The van der Waals surface area contributed by atoms with Gasteiger partial charge in [-0.2, -0.15) is 0 Å². The molecule has 0 bridgehead atoms. The van der Waals surface area contributed by atoms with Gasteiger partial charge in [-0.25, -0.2) is 0 Å². The molecule has 0 spiro atoms. The van der Waals surface area contributed by atoms with E-state index in [2.05, 4.69) is 0 Å². The van der Waals surface area contributed by atoms with E-state index in [0.29, 0.717) is 27.8 Å². The number of nitrogen functional groups attached to an aromatic ring is 1. The largest absolute Gasteiger partial charge is 0.455 e. The minimum Gasteiger partial charge on any atom is -0.455 e. The van der Waals surface area contributed by atoms with Crippen molar-refractivity contribution in [2.45, 2.75) is 0 Å². The van der Waals surface area contributed by atoms with Gasteiger partial charge in [-0.15, -0.1) is 0 Å². The van der Waals surface area contributed by atoms with Gasteiger partial charge in [0.15, 0.2) is 5.75 Å². The normalized spacial score (nSPS) is 10.2. The Bertz CT molecular complexity index is 624. The van der Waals surface area contributed by atoms with E-state index in [0.717, 1.165) is 0 Å². The molecule has 1 amide bonds. The standard InChI is InChI=1S/C15H15ClN2O2/c1-18(2)15(19)10-3-8-13(17)14(9-10)20-12-6-4-11(16)5-7-12/h3-9H,17H2,1-2H3. The number of hydrogen-bond acceptors (Lipinski definition) is 3. The highest BCUT2D eigenvalue weighted by Crippen LogP contribution is 2.29. The van der Waals surface area contributed by atoms with Crippen molar-refractivity contribution in [3.05, 3.63) is 53.1 Å². The summed E-state index contributed by atoms with van der Waals surface area (Å²) in [5, 5.41) is 0.627. The second kappa shape index (κ2) is 5.84. The lowest BCUT2D eigenvalue weighted by Crippen LogP contribution is -2.21. The van der Waals surface area contributed by atoms with E-state index in [4.69, 9.17) is 22.1 Å². The summed E-state index contributed by atoms with van der Waals surface area (Å²) in [5.74, 6) is 0.946. The Balaban J connectivity index is 2.29. The highest BCUT2D eigenvalue weighted by molar-refractivity contribution is 6.30. The van der Waals surface area contributed by atoms with Crippen molar-refractivity contribution in [3.63, 3.8) is 0 Å². The molecular formula is C15H15ClN2O2. The predicted molar refractivity (Wildman–Crippen MR) is 80.4 cm³/mol. The van der Waals surface area contributed by atoms with Crippen LogP contribution in [-0.2, 0) is 0 Å². The molecule has 0 aliphatic rings. The first-order valence-corrected chi connectivity index (χ1v) is 6.40. The van der Waals surface area contributed by atoms with Gasteiger partial charge in [0, 0.05) is 24.7 Å². The average Bonchev–Trinajstić information content (AvgIpc) is 2.43. The molecule has 2 rings (SSSR count). The second-order valence-electron chi connectivity index (χ2n) is 4.51. The third-order valence-electron chi connectivity index (χ3n) is 2.71. The molecule has 0 fully saturated rings. The van der Waals surface area contributed by atoms with Crippen molar-refractivity contribution in [3.8, 4) is 11.5 Å². The van der Waals surface area contributed by atoms with Crippen molar-refractivity contribution in [1.29, 1.82) is 0 Å². The van der Waals surface area contributed by atoms with Gasteiger partial charge in [0.2, 0.25) is 0 Å². The predicted octanol–water partition coefficient (Wildman–Crippen LogP) is 3.42. The number of carbonyl (C=O) groups is 1. The van der Waals surface area contributed by atoms with Gasteiger partial charge in [-0.05, 0) is 42.5 Å². The van der Waals surface area contributed by atoms with Gasteiger partial charge in [0.05, 0.1) is 5.69 Å². The number of carbonyl (C=O) groups excluding carboxylic acids is 1. The van der Waals surface area contributed by atoms with Crippen molar-refractivity contribution in [2.75, 3.05) is 19.8 Å². The fraction of sp³-hybridized carbons (Fsp3) is 0.133. The molecule has 0 heterocycles. The van der Waals surface area contributed by atoms with E-state index in [9.17, 15) is 4.79 Å². The third-order valence-corrected chi connectivity index (χ3v) is 2.96. The van der Waals surface area contributed by atoms with Crippen LogP contribution in [0, 0.1) is 0 Å². The third kappa shape index (κ3) is 3.22. The zero-order chi connectivity index (χ0) is 14.7. The molecule has 0 atom stereocenters. The maximum atomic E-state index is 11.9. The molecule has 0 aromatic heterocycles. The van der Waals surface area contributed by atoms with Crippen molar-refractivity contribution < 1.29 is 9.53 Å². The number of benzene rings is 2.